The molecule has 80 valence electrons. The average molecular weight is 270 g/mol. The first-order valence-electron chi connectivity index (χ1n) is 4.39. The van der Waals surface area contributed by atoms with Crippen LogP contribution in [0.25, 0.3) is 6.08 Å². The zero-order chi connectivity index (χ0) is 11.3. The number of nitrogens with zero attached hydrogens (tertiary/aromatic N) is 1. The van der Waals surface area contributed by atoms with Crippen molar-refractivity contribution in [2.45, 2.75) is 0 Å². The number of halogens is 1. The van der Waals surface area contributed by atoms with Gasteiger partial charge in [0.15, 0.2) is 0 Å². The standard InChI is InChI=1S/C11H12BrNO2/c1-13(15-2)11(14)7-6-9-4-3-5-10(12)8-9/h3-8H,1-2H3/b7-6+. The summed E-state index contributed by atoms with van der Waals surface area (Å²) in [5.74, 6) is -0.197. The Morgan fingerprint density at radius 1 is 1.53 bits per heavy atom. The largest absolute Gasteiger partial charge is 0.274 e. The molecule has 0 spiro atoms. The summed E-state index contributed by atoms with van der Waals surface area (Å²) in [7, 11) is 3.01. The number of carbonyl (C=O) groups excluding carboxylic acids is 1. The molecule has 0 heterocycles. The van der Waals surface area contributed by atoms with Crippen molar-refractivity contribution < 1.29 is 9.63 Å². The normalized spacial score (nSPS) is 10.6. The number of rotatable bonds is 3. The van der Waals surface area contributed by atoms with E-state index in [0.717, 1.165) is 15.1 Å². The average Bonchev–Trinajstić information content (AvgIpc) is 2.25. The summed E-state index contributed by atoms with van der Waals surface area (Å²) in [6.45, 7) is 0. The molecule has 1 rings (SSSR count). The van der Waals surface area contributed by atoms with Crippen LogP contribution in [0.3, 0.4) is 0 Å². The molecule has 3 nitrogen and oxygen atoms in total. The van der Waals surface area contributed by atoms with Gasteiger partial charge in [0, 0.05) is 17.6 Å². The minimum Gasteiger partial charge on any atom is -0.274 e. The fourth-order valence-electron chi connectivity index (χ4n) is 0.973. The summed E-state index contributed by atoms with van der Waals surface area (Å²) in [5.41, 5.74) is 0.960. The van der Waals surface area contributed by atoms with Crippen LogP contribution >= 0.6 is 15.9 Å². The Morgan fingerprint density at radius 3 is 2.87 bits per heavy atom. The first kappa shape index (κ1) is 11.9. The van der Waals surface area contributed by atoms with Crippen molar-refractivity contribution in [1.29, 1.82) is 0 Å². The van der Waals surface area contributed by atoms with E-state index in [1.165, 1.54) is 13.2 Å². The second-order valence-corrected chi connectivity index (χ2v) is 3.82. The van der Waals surface area contributed by atoms with Gasteiger partial charge in [0.05, 0.1) is 7.11 Å². The predicted octanol–water partition coefficient (Wildman–Crippen LogP) is 2.48. The van der Waals surface area contributed by atoms with Crippen LogP contribution in [0.1, 0.15) is 5.56 Å². The number of benzene rings is 1. The number of likely N-dealkylation sites (N-methyl/N-ethyl adjacent to an activating group) is 1. The van der Waals surface area contributed by atoms with E-state index in [2.05, 4.69) is 15.9 Å². The van der Waals surface area contributed by atoms with Crippen LogP contribution < -0.4 is 0 Å². The molecule has 0 bridgehead atoms. The number of hydrogen-bond donors (Lipinski definition) is 0. The number of carbonyl (C=O) groups is 1. The van der Waals surface area contributed by atoms with Gasteiger partial charge in [-0.25, -0.2) is 5.06 Å². The molecule has 0 aromatic heterocycles. The highest BCUT2D eigenvalue weighted by Crippen LogP contribution is 2.12. The van der Waals surface area contributed by atoms with Crippen molar-refractivity contribution in [3.05, 3.63) is 40.4 Å². The number of amides is 1. The van der Waals surface area contributed by atoms with E-state index in [0.29, 0.717) is 0 Å². The van der Waals surface area contributed by atoms with Gasteiger partial charge < -0.3 is 0 Å². The van der Waals surface area contributed by atoms with Gasteiger partial charge in [-0.1, -0.05) is 28.1 Å². The Bertz CT molecular complexity index is 377. The van der Waals surface area contributed by atoms with Gasteiger partial charge in [0.1, 0.15) is 0 Å². The molecule has 4 heteroatoms. The van der Waals surface area contributed by atoms with Crippen molar-refractivity contribution in [2.24, 2.45) is 0 Å². The summed E-state index contributed by atoms with van der Waals surface area (Å²) >= 11 is 3.36. The van der Waals surface area contributed by atoms with E-state index in [-0.39, 0.29) is 5.91 Å². The topological polar surface area (TPSA) is 29.5 Å². The summed E-state index contributed by atoms with van der Waals surface area (Å²) < 4.78 is 0.984. The van der Waals surface area contributed by atoms with Crippen LogP contribution in [-0.4, -0.2) is 25.1 Å². The molecule has 0 aliphatic heterocycles. The fourth-order valence-corrected chi connectivity index (χ4v) is 1.39. The van der Waals surface area contributed by atoms with Crippen LogP contribution in [-0.2, 0) is 9.63 Å². The monoisotopic (exact) mass is 269 g/mol. The third kappa shape index (κ3) is 3.85. The molecule has 1 aromatic carbocycles. The van der Waals surface area contributed by atoms with E-state index >= 15 is 0 Å². The lowest BCUT2D eigenvalue weighted by Crippen LogP contribution is -2.22. The van der Waals surface area contributed by atoms with E-state index in [9.17, 15) is 4.79 Å². The molecule has 0 fully saturated rings. The van der Waals surface area contributed by atoms with Crippen LogP contribution in [0, 0.1) is 0 Å². The second kappa shape index (κ2) is 5.68. The molecular formula is C11H12BrNO2. The van der Waals surface area contributed by atoms with Gasteiger partial charge >= 0.3 is 0 Å². The lowest BCUT2D eigenvalue weighted by Gasteiger charge is -2.09. The van der Waals surface area contributed by atoms with Gasteiger partial charge in [0.25, 0.3) is 5.91 Å². The van der Waals surface area contributed by atoms with Crippen LogP contribution in [0.4, 0.5) is 0 Å². The van der Waals surface area contributed by atoms with Crippen molar-refractivity contribution in [1.82, 2.24) is 5.06 Å². The molecule has 0 saturated carbocycles. The minimum absolute atomic E-state index is 0.197. The first-order valence-corrected chi connectivity index (χ1v) is 5.18. The van der Waals surface area contributed by atoms with Crippen LogP contribution in [0.15, 0.2) is 34.8 Å². The molecule has 1 amide bonds. The zero-order valence-electron chi connectivity index (χ0n) is 8.61. The molecular weight excluding hydrogens is 258 g/mol. The highest BCUT2D eigenvalue weighted by atomic mass is 79.9. The second-order valence-electron chi connectivity index (χ2n) is 2.91. The van der Waals surface area contributed by atoms with Gasteiger partial charge in [0.2, 0.25) is 0 Å². The quantitative estimate of drug-likeness (QED) is 0.623. The Balaban J connectivity index is 2.69. The van der Waals surface area contributed by atoms with Crippen LogP contribution in [0.2, 0.25) is 0 Å². The Kier molecular flexibility index (Phi) is 4.52. The smallest absolute Gasteiger partial charge is 0.269 e. The lowest BCUT2D eigenvalue weighted by molar-refractivity contribution is -0.162. The fraction of sp³-hybridized carbons (Fsp3) is 0.182. The Hall–Kier alpha value is -1.13. The Morgan fingerprint density at radius 2 is 2.27 bits per heavy atom. The molecule has 0 N–H and O–H groups in total. The summed E-state index contributed by atoms with van der Waals surface area (Å²) in [5, 5.41) is 1.16. The minimum atomic E-state index is -0.197. The van der Waals surface area contributed by atoms with Gasteiger partial charge in [-0.05, 0) is 23.8 Å². The maximum Gasteiger partial charge on any atom is 0.269 e. The van der Waals surface area contributed by atoms with Crippen molar-refractivity contribution in [3.63, 3.8) is 0 Å². The lowest BCUT2D eigenvalue weighted by atomic mass is 10.2. The molecule has 0 atom stereocenters. The molecule has 0 aliphatic rings. The highest BCUT2D eigenvalue weighted by molar-refractivity contribution is 9.10. The molecule has 0 unspecified atom stereocenters. The van der Waals surface area contributed by atoms with Crippen molar-refractivity contribution >= 4 is 27.9 Å². The highest BCUT2D eigenvalue weighted by Gasteiger charge is 2.01. The SMILES string of the molecule is CON(C)C(=O)/C=C/c1cccc(Br)c1. The third-order valence-electron chi connectivity index (χ3n) is 1.85. The van der Waals surface area contributed by atoms with Crippen molar-refractivity contribution in [2.75, 3.05) is 14.2 Å². The molecule has 15 heavy (non-hydrogen) atoms. The number of hydroxylamine groups is 2. The van der Waals surface area contributed by atoms with Crippen LogP contribution in [0.5, 0.6) is 0 Å². The summed E-state index contributed by atoms with van der Waals surface area (Å²) in [6.07, 6.45) is 3.20. The predicted molar refractivity (Wildman–Crippen MR) is 63.0 cm³/mol. The summed E-state index contributed by atoms with van der Waals surface area (Å²) in [4.78, 5) is 16.1. The zero-order valence-corrected chi connectivity index (χ0v) is 10.2. The first-order chi connectivity index (χ1) is 7.13. The van der Waals surface area contributed by atoms with E-state index in [1.54, 1.807) is 13.1 Å². The molecule has 0 radical (unpaired) electrons. The van der Waals surface area contributed by atoms with Crippen molar-refractivity contribution in [3.8, 4) is 0 Å². The van der Waals surface area contributed by atoms with Gasteiger partial charge in [-0.2, -0.15) is 0 Å². The van der Waals surface area contributed by atoms with E-state index in [4.69, 9.17) is 4.84 Å². The summed E-state index contributed by atoms with van der Waals surface area (Å²) in [6, 6.07) is 7.69. The molecule has 0 aliphatic carbocycles. The maximum atomic E-state index is 11.3. The van der Waals surface area contributed by atoms with Gasteiger partial charge in [-0.15, -0.1) is 0 Å². The Labute approximate surface area is 97.4 Å². The number of hydrogen-bond acceptors (Lipinski definition) is 2. The third-order valence-corrected chi connectivity index (χ3v) is 2.34. The van der Waals surface area contributed by atoms with E-state index < -0.39 is 0 Å². The van der Waals surface area contributed by atoms with E-state index in [1.807, 2.05) is 24.3 Å². The molecule has 1 aromatic rings. The maximum absolute atomic E-state index is 11.3. The van der Waals surface area contributed by atoms with Gasteiger partial charge in [-0.3, -0.25) is 9.63 Å². The molecule has 0 saturated heterocycles.